The Balaban J connectivity index is 2.08. The maximum atomic E-state index is 13.6. The first-order valence-corrected chi connectivity index (χ1v) is 7.35. The van der Waals surface area contributed by atoms with Gasteiger partial charge in [0.25, 0.3) is 0 Å². The fraction of sp³-hybridized carbons (Fsp3) is 0.118. The van der Waals surface area contributed by atoms with Gasteiger partial charge in [0.2, 0.25) is 0 Å². The van der Waals surface area contributed by atoms with E-state index < -0.39 is 17.6 Å². The van der Waals surface area contributed by atoms with Gasteiger partial charge in [-0.2, -0.15) is 9.78 Å². The zero-order valence-electron chi connectivity index (χ0n) is 13.4. The zero-order chi connectivity index (χ0) is 18.1. The third-order valence-electron chi connectivity index (χ3n) is 3.48. The van der Waals surface area contributed by atoms with Gasteiger partial charge >= 0.3 is 5.97 Å². The molecule has 0 fully saturated rings. The molecular formula is C17H14F2N4O2. The van der Waals surface area contributed by atoms with Crippen LogP contribution >= 0.6 is 0 Å². The highest BCUT2D eigenvalue weighted by Gasteiger charge is 2.18. The molecule has 0 saturated heterocycles. The molecule has 0 bridgehead atoms. The molecule has 1 aromatic carbocycles. The Bertz CT molecular complexity index is 969. The third kappa shape index (κ3) is 3.32. The number of aryl methyl sites for hydroxylation is 2. The van der Waals surface area contributed by atoms with Gasteiger partial charge in [-0.15, -0.1) is 0 Å². The molecule has 0 unspecified atom stereocenters. The summed E-state index contributed by atoms with van der Waals surface area (Å²) in [6, 6.07) is 8.45. The number of nitrogens with zero attached hydrogens (tertiary/aromatic N) is 3. The molecule has 0 aliphatic carbocycles. The van der Waals surface area contributed by atoms with Crippen molar-refractivity contribution < 1.29 is 18.7 Å². The average molecular weight is 344 g/mol. The SMILES string of the molecule is Cc1cccc(-n2nc(C)cc2Nc2cc(F)c(F)cc2C(=O)O)n1. The van der Waals surface area contributed by atoms with Gasteiger partial charge in [0, 0.05) is 17.8 Å². The minimum Gasteiger partial charge on any atom is -0.478 e. The maximum absolute atomic E-state index is 13.6. The van der Waals surface area contributed by atoms with Crippen LogP contribution in [0, 0.1) is 25.5 Å². The van der Waals surface area contributed by atoms with Crippen LogP contribution in [0.2, 0.25) is 0 Å². The van der Waals surface area contributed by atoms with E-state index in [4.69, 9.17) is 0 Å². The zero-order valence-corrected chi connectivity index (χ0v) is 13.4. The molecule has 2 N–H and O–H groups in total. The lowest BCUT2D eigenvalue weighted by atomic mass is 10.1. The van der Waals surface area contributed by atoms with E-state index in [1.54, 1.807) is 25.1 Å². The third-order valence-corrected chi connectivity index (χ3v) is 3.48. The molecule has 0 spiro atoms. The van der Waals surface area contributed by atoms with Gasteiger partial charge < -0.3 is 10.4 Å². The Morgan fingerprint density at radius 3 is 2.52 bits per heavy atom. The van der Waals surface area contributed by atoms with E-state index in [0.29, 0.717) is 23.4 Å². The average Bonchev–Trinajstić information content (AvgIpc) is 2.91. The summed E-state index contributed by atoms with van der Waals surface area (Å²) in [7, 11) is 0. The minimum absolute atomic E-state index is 0.0831. The van der Waals surface area contributed by atoms with Crippen LogP contribution in [-0.2, 0) is 0 Å². The number of anilines is 2. The Kier molecular flexibility index (Phi) is 4.18. The fourth-order valence-corrected chi connectivity index (χ4v) is 2.37. The first kappa shape index (κ1) is 16.6. The first-order chi connectivity index (χ1) is 11.8. The lowest BCUT2D eigenvalue weighted by Crippen LogP contribution is -2.09. The summed E-state index contributed by atoms with van der Waals surface area (Å²) in [5, 5.41) is 16.3. The molecule has 0 radical (unpaired) electrons. The van der Waals surface area contributed by atoms with Crippen molar-refractivity contribution >= 4 is 17.5 Å². The summed E-state index contributed by atoms with van der Waals surface area (Å²) in [4.78, 5) is 15.7. The van der Waals surface area contributed by atoms with E-state index in [1.165, 1.54) is 4.68 Å². The molecule has 0 aliphatic heterocycles. The van der Waals surface area contributed by atoms with Gasteiger partial charge in [0.05, 0.1) is 16.9 Å². The number of benzene rings is 1. The van der Waals surface area contributed by atoms with Crippen molar-refractivity contribution in [1.82, 2.24) is 14.8 Å². The van der Waals surface area contributed by atoms with Crippen LogP contribution in [-0.4, -0.2) is 25.8 Å². The lowest BCUT2D eigenvalue weighted by molar-refractivity contribution is 0.0697. The van der Waals surface area contributed by atoms with Gasteiger partial charge in [0.15, 0.2) is 17.5 Å². The van der Waals surface area contributed by atoms with Crippen LogP contribution in [0.3, 0.4) is 0 Å². The number of pyridine rings is 1. The molecule has 128 valence electrons. The number of carbonyl (C=O) groups is 1. The fourth-order valence-electron chi connectivity index (χ4n) is 2.37. The van der Waals surface area contributed by atoms with Crippen molar-refractivity contribution in [3.8, 4) is 5.82 Å². The van der Waals surface area contributed by atoms with E-state index in [9.17, 15) is 18.7 Å². The molecule has 6 nitrogen and oxygen atoms in total. The number of aromatic carboxylic acids is 1. The van der Waals surface area contributed by atoms with Crippen LogP contribution in [0.5, 0.6) is 0 Å². The quantitative estimate of drug-likeness (QED) is 0.756. The first-order valence-electron chi connectivity index (χ1n) is 7.35. The number of carboxylic acids is 1. The topological polar surface area (TPSA) is 80.0 Å². The van der Waals surface area contributed by atoms with E-state index in [0.717, 1.165) is 11.8 Å². The number of aromatic nitrogens is 3. The van der Waals surface area contributed by atoms with Crippen LogP contribution < -0.4 is 5.32 Å². The Morgan fingerprint density at radius 2 is 1.84 bits per heavy atom. The number of hydrogen-bond donors (Lipinski definition) is 2. The molecule has 3 rings (SSSR count). The normalized spacial score (nSPS) is 10.7. The molecule has 0 saturated carbocycles. The van der Waals surface area contributed by atoms with E-state index >= 15 is 0 Å². The Labute approximate surface area is 141 Å². The van der Waals surface area contributed by atoms with Crippen LogP contribution in [0.15, 0.2) is 36.4 Å². The standard InChI is InChI=1S/C17H14F2N4O2/c1-9-4-3-5-15(20-9)23-16(6-10(2)22-23)21-14-8-13(19)12(18)7-11(14)17(24)25/h3-8,21H,1-2H3,(H,24,25). The van der Waals surface area contributed by atoms with Gasteiger partial charge in [-0.05, 0) is 32.0 Å². The second-order valence-electron chi connectivity index (χ2n) is 5.46. The van der Waals surface area contributed by atoms with Gasteiger partial charge in [-0.3, -0.25) is 0 Å². The van der Waals surface area contributed by atoms with Crippen molar-refractivity contribution in [2.75, 3.05) is 5.32 Å². The molecule has 2 aromatic heterocycles. The highest BCUT2D eigenvalue weighted by Crippen LogP contribution is 2.26. The summed E-state index contributed by atoms with van der Waals surface area (Å²) >= 11 is 0. The molecule has 2 heterocycles. The molecule has 0 atom stereocenters. The molecule has 0 amide bonds. The summed E-state index contributed by atoms with van der Waals surface area (Å²) in [5.41, 5.74) is 0.947. The molecule has 8 heteroatoms. The highest BCUT2D eigenvalue weighted by atomic mass is 19.2. The molecule has 0 aliphatic rings. The summed E-state index contributed by atoms with van der Waals surface area (Å²) in [6.07, 6.45) is 0. The van der Waals surface area contributed by atoms with E-state index in [-0.39, 0.29) is 11.3 Å². The van der Waals surface area contributed by atoms with Crippen molar-refractivity contribution in [1.29, 1.82) is 0 Å². The number of nitrogens with one attached hydrogen (secondary N) is 1. The second-order valence-corrected chi connectivity index (χ2v) is 5.46. The molecular weight excluding hydrogens is 330 g/mol. The maximum Gasteiger partial charge on any atom is 0.337 e. The smallest absolute Gasteiger partial charge is 0.337 e. The second kappa shape index (κ2) is 6.31. The largest absolute Gasteiger partial charge is 0.478 e. The van der Waals surface area contributed by atoms with Crippen molar-refractivity contribution in [3.63, 3.8) is 0 Å². The predicted molar refractivity (Wildman–Crippen MR) is 87.4 cm³/mol. The van der Waals surface area contributed by atoms with Crippen LogP contribution in [0.4, 0.5) is 20.3 Å². The van der Waals surface area contributed by atoms with Gasteiger partial charge in [-0.25, -0.2) is 18.6 Å². The number of halogens is 2. The number of carboxylic acid groups (broad SMARTS) is 1. The van der Waals surface area contributed by atoms with Gasteiger partial charge in [-0.1, -0.05) is 6.07 Å². The van der Waals surface area contributed by atoms with Crippen LogP contribution in [0.25, 0.3) is 5.82 Å². The monoisotopic (exact) mass is 344 g/mol. The number of rotatable bonds is 4. The number of hydrogen-bond acceptors (Lipinski definition) is 4. The predicted octanol–water partition coefficient (Wildman–Crippen LogP) is 3.60. The van der Waals surface area contributed by atoms with Crippen molar-refractivity contribution in [2.45, 2.75) is 13.8 Å². The van der Waals surface area contributed by atoms with Crippen molar-refractivity contribution in [3.05, 3.63) is 65.0 Å². The molecule has 3 aromatic rings. The summed E-state index contributed by atoms with van der Waals surface area (Å²) in [6.45, 7) is 3.58. The van der Waals surface area contributed by atoms with E-state index in [2.05, 4.69) is 15.4 Å². The summed E-state index contributed by atoms with van der Waals surface area (Å²) < 4.78 is 28.4. The summed E-state index contributed by atoms with van der Waals surface area (Å²) in [5.74, 6) is -2.87. The Morgan fingerprint density at radius 1 is 1.12 bits per heavy atom. The molecule has 25 heavy (non-hydrogen) atoms. The van der Waals surface area contributed by atoms with Gasteiger partial charge in [0.1, 0.15) is 5.82 Å². The van der Waals surface area contributed by atoms with Crippen LogP contribution in [0.1, 0.15) is 21.7 Å². The minimum atomic E-state index is -1.38. The lowest BCUT2D eigenvalue weighted by Gasteiger charge is -2.12. The Hall–Kier alpha value is -3.29. The highest BCUT2D eigenvalue weighted by molar-refractivity contribution is 5.95. The van der Waals surface area contributed by atoms with E-state index in [1.807, 2.05) is 13.0 Å². The van der Waals surface area contributed by atoms with Crippen molar-refractivity contribution in [2.24, 2.45) is 0 Å².